The summed E-state index contributed by atoms with van der Waals surface area (Å²) in [7, 11) is 0. The van der Waals surface area contributed by atoms with E-state index in [4.69, 9.17) is 16.7 Å². The van der Waals surface area contributed by atoms with Crippen LogP contribution < -0.4 is 0 Å². The van der Waals surface area contributed by atoms with Gasteiger partial charge >= 0.3 is 5.97 Å². The summed E-state index contributed by atoms with van der Waals surface area (Å²) in [4.78, 5) is 10.9. The monoisotopic (exact) mass is 252 g/mol. The van der Waals surface area contributed by atoms with Gasteiger partial charge in [-0.1, -0.05) is 23.7 Å². The molecule has 0 bridgehead atoms. The Labute approximate surface area is 107 Å². The second kappa shape index (κ2) is 5.37. The molecule has 3 heteroatoms. The lowest BCUT2D eigenvalue weighted by atomic mass is 9.91. The summed E-state index contributed by atoms with van der Waals surface area (Å²) in [6, 6.07) is 1.99. The maximum Gasteiger partial charge on any atom is 0.307 e. The lowest BCUT2D eigenvalue weighted by molar-refractivity contribution is -0.136. The Morgan fingerprint density at radius 2 is 1.94 bits per heavy atom. The molecule has 2 nitrogen and oxygen atoms in total. The molecule has 92 valence electrons. The van der Waals surface area contributed by atoms with Gasteiger partial charge in [0.25, 0.3) is 0 Å². The van der Waals surface area contributed by atoms with E-state index in [2.05, 4.69) is 0 Å². The molecule has 0 heterocycles. The lowest BCUT2D eigenvalue weighted by Crippen LogP contribution is -2.07. The number of allylic oxidation sites excluding steroid dienone is 1. The Morgan fingerprint density at radius 1 is 1.35 bits per heavy atom. The van der Waals surface area contributed by atoms with Gasteiger partial charge in [0.15, 0.2) is 0 Å². The molecule has 0 saturated carbocycles. The molecule has 0 unspecified atom stereocenters. The topological polar surface area (TPSA) is 37.3 Å². The first-order chi connectivity index (χ1) is 7.88. The van der Waals surface area contributed by atoms with Gasteiger partial charge in [0.2, 0.25) is 0 Å². The van der Waals surface area contributed by atoms with Gasteiger partial charge in [0.05, 0.1) is 6.42 Å². The van der Waals surface area contributed by atoms with E-state index in [0.29, 0.717) is 5.03 Å². The van der Waals surface area contributed by atoms with Crippen LogP contribution in [0, 0.1) is 20.8 Å². The third-order valence-electron chi connectivity index (χ3n) is 2.95. The number of carboxylic acids is 1. The zero-order valence-corrected chi connectivity index (χ0v) is 11.4. The van der Waals surface area contributed by atoms with Crippen LogP contribution in [0.5, 0.6) is 0 Å². The van der Waals surface area contributed by atoms with Gasteiger partial charge in [-0.3, -0.25) is 4.79 Å². The fourth-order valence-corrected chi connectivity index (χ4v) is 2.45. The average molecular weight is 253 g/mol. The van der Waals surface area contributed by atoms with E-state index >= 15 is 0 Å². The van der Waals surface area contributed by atoms with E-state index in [-0.39, 0.29) is 6.42 Å². The minimum Gasteiger partial charge on any atom is -0.481 e. The SMILES string of the molecule is C/C=C(\Cl)c1c(C)cc(C)c(CC(=O)O)c1C. The summed E-state index contributed by atoms with van der Waals surface area (Å²) in [5, 5.41) is 9.60. The van der Waals surface area contributed by atoms with Gasteiger partial charge in [-0.05, 0) is 55.5 Å². The van der Waals surface area contributed by atoms with Crippen molar-refractivity contribution in [1.82, 2.24) is 0 Å². The second-order valence-electron chi connectivity index (χ2n) is 4.20. The van der Waals surface area contributed by atoms with Gasteiger partial charge in [0, 0.05) is 5.03 Å². The van der Waals surface area contributed by atoms with E-state index in [1.54, 1.807) is 0 Å². The van der Waals surface area contributed by atoms with Gasteiger partial charge in [0.1, 0.15) is 0 Å². The van der Waals surface area contributed by atoms with Crippen LogP contribution in [0.15, 0.2) is 12.1 Å². The third-order valence-corrected chi connectivity index (χ3v) is 3.36. The van der Waals surface area contributed by atoms with Crippen molar-refractivity contribution >= 4 is 22.6 Å². The van der Waals surface area contributed by atoms with Crippen molar-refractivity contribution in [3.63, 3.8) is 0 Å². The first kappa shape index (κ1) is 13.8. The van der Waals surface area contributed by atoms with Gasteiger partial charge in [-0.2, -0.15) is 0 Å². The Balaban J connectivity index is 3.48. The highest BCUT2D eigenvalue weighted by Gasteiger charge is 2.14. The predicted octanol–water partition coefficient (Wildman–Crippen LogP) is 3.84. The molecular formula is C14H17ClO2. The zero-order valence-electron chi connectivity index (χ0n) is 10.6. The van der Waals surface area contributed by atoms with Gasteiger partial charge in [-0.15, -0.1) is 0 Å². The van der Waals surface area contributed by atoms with Crippen molar-refractivity contribution in [3.05, 3.63) is 40.0 Å². The van der Waals surface area contributed by atoms with Crippen LogP contribution in [0.25, 0.3) is 5.03 Å². The normalized spacial score (nSPS) is 11.7. The molecule has 1 aromatic carbocycles. The first-order valence-corrected chi connectivity index (χ1v) is 5.90. The van der Waals surface area contributed by atoms with E-state index in [9.17, 15) is 4.79 Å². The number of hydrogen-bond donors (Lipinski definition) is 1. The van der Waals surface area contributed by atoms with Gasteiger partial charge in [-0.25, -0.2) is 0 Å². The Morgan fingerprint density at radius 3 is 2.41 bits per heavy atom. The number of carbonyl (C=O) groups is 1. The number of halogens is 1. The zero-order chi connectivity index (χ0) is 13.2. The third kappa shape index (κ3) is 2.89. The number of hydrogen-bond acceptors (Lipinski definition) is 1. The predicted molar refractivity (Wildman–Crippen MR) is 71.5 cm³/mol. The molecule has 0 saturated heterocycles. The van der Waals surface area contributed by atoms with Crippen LogP contribution >= 0.6 is 11.6 Å². The molecule has 0 amide bonds. The number of benzene rings is 1. The molecule has 17 heavy (non-hydrogen) atoms. The summed E-state index contributed by atoms with van der Waals surface area (Å²) in [6.45, 7) is 7.73. The number of aliphatic carboxylic acids is 1. The molecule has 1 aromatic rings. The standard InChI is InChI=1S/C14H17ClO2/c1-5-12(15)14-9(3)6-8(2)11(10(14)4)7-13(16)17/h5-6H,7H2,1-4H3,(H,16,17)/b12-5-. The molecule has 0 fully saturated rings. The first-order valence-electron chi connectivity index (χ1n) is 5.52. The maximum atomic E-state index is 10.9. The van der Waals surface area contributed by atoms with Crippen LogP contribution in [-0.4, -0.2) is 11.1 Å². The van der Waals surface area contributed by atoms with Crippen molar-refractivity contribution in [2.24, 2.45) is 0 Å². The minimum atomic E-state index is -0.817. The quantitative estimate of drug-likeness (QED) is 0.888. The fourth-order valence-electron chi connectivity index (χ4n) is 2.16. The van der Waals surface area contributed by atoms with E-state index in [0.717, 1.165) is 27.8 Å². The maximum absolute atomic E-state index is 10.9. The molecule has 0 aliphatic carbocycles. The lowest BCUT2D eigenvalue weighted by Gasteiger charge is -2.15. The number of carboxylic acid groups (broad SMARTS) is 1. The van der Waals surface area contributed by atoms with Crippen LogP contribution in [0.4, 0.5) is 0 Å². The van der Waals surface area contributed by atoms with Crippen molar-refractivity contribution in [3.8, 4) is 0 Å². The summed E-state index contributed by atoms with van der Waals surface area (Å²) in [5.41, 5.74) is 4.87. The van der Waals surface area contributed by atoms with Crippen molar-refractivity contribution in [2.45, 2.75) is 34.1 Å². The molecule has 0 spiro atoms. The molecule has 1 N–H and O–H groups in total. The molecule has 1 rings (SSSR count). The van der Waals surface area contributed by atoms with Gasteiger partial charge < -0.3 is 5.11 Å². The van der Waals surface area contributed by atoms with Crippen LogP contribution in [-0.2, 0) is 11.2 Å². The Kier molecular flexibility index (Phi) is 4.35. The van der Waals surface area contributed by atoms with Crippen molar-refractivity contribution < 1.29 is 9.90 Å². The summed E-state index contributed by atoms with van der Waals surface area (Å²) in [5.74, 6) is -0.817. The van der Waals surface area contributed by atoms with Crippen LogP contribution in [0.1, 0.15) is 34.7 Å². The largest absolute Gasteiger partial charge is 0.481 e. The van der Waals surface area contributed by atoms with E-state index < -0.39 is 5.97 Å². The minimum absolute atomic E-state index is 0.0405. The molecular weight excluding hydrogens is 236 g/mol. The summed E-state index contributed by atoms with van der Waals surface area (Å²) < 4.78 is 0. The van der Waals surface area contributed by atoms with Crippen molar-refractivity contribution in [1.29, 1.82) is 0 Å². The highest BCUT2D eigenvalue weighted by molar-refractivity contribution is 6.49. The number of rotatable bonds is 3. The molecule has 0 radical (unpaired) electrons. The van der Waals surface area contributed by atoms with Crippen LogP contribution in [0.2, 0.25) is 0 Å². The Hall–Kier alpha value is -1.28. The fraction of sp³-hybridized carbons (Fsp3) is 0.357. The van der Waals surface area contributed by atoms with Crippen LogP contribution in [0.3, 0.4) is 0 Å². The molecule has 0 aliphatic rings. The highest BCUT2D eigenvalue weighted by atomic mass is 35.5. The number of aryl methyl sites for hydroxylation is 2. The summed E-state index contributed by atoms with van der Waals surface area (Å²) >= 11 is 6.18. The second-order valence-corrected chi connectivity index (χ2v) is 4.60. The van der Waals surface area contributed by atoms with E-state index in [1.807, 2.05) is 39.8 Å². The summed E-state index contributed by atoms with van der Waals surface area (Å²) in [6.07, 6.45) is 1.87. The average Bonchev–Trinajstić information content (AvgIpc) is 2.23. The Bertz CT molecular complexity index is 487. The molecule has 0 aliphatic heterocycles. The highest BCUT2D eigenvalue weighted by Crippen LogP contribution is 2.30. The van der Waals surface area contributed by atoms with E-state index in [1.165, 1.54) is 0 Å². The molecule has 0 atom stereocenters. The smallest absolute Gasteiger partial charge is 0.307 e. The molecule has 0 aromatic heterocycles. The van der Waals surface area contributed by atoms with Crippen molar-refractivity contribution in [2.75, 3.05) is 0 Å².